The molecule has 0 radical (unpaired) electrons. The van der Waals surface area contributed by atoms with E-state index < -0.39 is 5.51 Å². The average Bonchev–Trinajstić information content (AvgIpc) is 3.51. The highest BCUT2D eigenvalue weighted by Crippen LogP contribution is 2.41. The molecule has 2 saturated heterocycles. The average molecular weight is 504 g/mol. The molecule has 0 aromatic carbocycles. The number of hydrogen-bond donors (Lipinski definition) is 3. The summed E-state index contributed by atoms with van der Waals surface area (Å²) in [5, 5.41) is 18.1. The van der Waals surface area contributed by atoms with Crippen molar-refractivity contribution in [2.75, 3.05) is 11.9 Å². The number of thioether (sulfide) groups is 1. The number of piperidine rings is 1. The third-order valence-electron chi connectivity index (χ3n) is 6.26. The van der Waals surface area contributed by atoms with Crippen LogP contribution in [0.1, 0.15) is 41.7 Å². The van der Waals surface area contributed by atoms with Crippen LogP contribution >= 0.6 is 11.8 Å². The second-order valence-corrected chi connectivity index (χ2v) is 9.77. The largest absolute Gasteiger partial charge is 0.446 e. The molecule has 2 fully saturated rings. The lowest BCUT2D eigenvalue weighted by molar-refractivity contribution is -0.0327. The van der Waals surface area contributed by atoms with Crippen LogP contribution in [-0.2, 0) is 7.05 Å². The molecule has 35 heavy (non-hydrogen) atoms. The number of aryl methyl sites for hydroxylation is 1. The van der Waals surface area contributed by atoms with Crippen molar-refractivity contribution >= 4 is 29.0 Å². The van der Waals surface area contributed by atoms with E-state index in [1.54, 1.807) is 25.4 Å². The summed E-state index contributed by atoms with van der Waals surface area (Å²) in [6.07, 6.45) is 7.27. The number of rotatable bonds is 5. The zero-order chi connectivity index (χ0) is 24.6. The van der Waals surface area contributed by atoms with E-state index in [4.69, 9.17) is 0 Å². The fourth-order valence-corrected chi connectivity index (χ4v) is 5.37. The van der Waals surface area contributed by atoms with Crippen LogP contribution < -0.4 is 16.0 Å². The van der Waals surface area contributed by atoms with Crippen LogP contribution in [0, 0.1) is 11.8 Å². The molecule has 2 aliphatic heterocycles. The van der Waals surface area contributed by atoms with Gasteiger partial charge in [-0.05, 0) is 55.5 Å². The van der Waals surface area contributed by atoms with Gasteiger partial charge in [-0.1, -0.05) is 12.0 Å². The van der Waals surface area contributed by atoms with Gasteiger partial charge < -0.3 is 16.0 Å². The number of fused-ring (bicyclic) bond motifs is 3. The Morgan fingerprint density at radius 1 is 1.29 bits per heavy atom. The summed E-state index contributed by atoms with van der Waals surface area (Å²) >= 11 is -0.230. The normalized spacial score (nSPS) is 21.5. The fourth-order valence-electron chi connectivity index (χ4n) is 4.69. The third-order valence-corrected chi connectivity index (χ3v) is 7.10. The Labute approximate surface area is 204 Å². The van der Waals surface area contributed by atoms with E-state index in [0.29, 0.717) is 29.0 Å². The lowest BCUT2D eigenvalue weighted by Crippen LogP contribution is -2.47. The van der Waals surface area contributed by atoms with Crippen LogP contribution in [0.2, 0.25) is 0 Å². The number of alkyl halides is 3. The Morgan fingerprint density at radius 2 is 2.11 bits per heavy atom. The molecule has 3 aromatic rings. The minimum Gasteiger partial charge on any atom is -0.366 e. The molecule has 1 amide bonds. The topological polar surface area (TPSA) is 88.3 Å². The second kappa shape index (κ2) is 9.47. The number of carbonyl (C=O) groups is 1. The molecule has 5 heterocycles. The first kappa shape index (κ1) is 23.6. The molecule has 0 unspecified atom stereocenters. The first-order valence-electron chi connectivity index (χ1n) is 11.3. The van der Waals surface area contributed by atoms with Gasteiger partial charge in [-0.25, -0.2) is 4.52 Å². The Bertz CT molecular complexity index is 1310. The van der Waals surface area contributed by atoms with Crippen molar-refractivity contribution in [1.82, 2.24) is 30.0 Å². The van der Waals surface area contributed by atoms with E-state index in [0.717, 1.165) is 25.7 Å². The zero-order valence-corrected chi connectivity index (χ0v) is 19.7. The summed E-state index contributed by atoms with van der Waals surface area (Å²) in [5.74, 6) is 5.70. The number of amides is 1. The van der Waals surface area contributed by atoms with Crippen molar-refractivity contribution in [2.24, 2.45) is 7.05 Å². The number of nitrogens with one attached hydrogen (secondary N) is 3. The SMILES string of the molecule is Cn1cc(C(=O)NCC#Cc2nn3c(N[C@@H]4CC[C@@H]5CC[C@H]4N5)cccc3c2SC(F)(F)F)cn1. The number of nitrogens with zero attached hydrogens (tertiary/aromatic N) is 4. The predicted octanol–water partition coefficient (Wildman–Crippen LogP) is 3.16. The molecule has 0 saturated carbocycles. The maximum absolute atomic E-state index is 13.4. The van der Waals surface area contributed by atoms with E-state index in [1.807, 2.05) is 6.07 Å². The summed E-state index contributed by atoms with van der Waals surface area (Å²) in [6, 6.07) is 6.22. The van der Waals surface area contributed by atoms with Gasteiger partial charge in [-0.2, -0.15) is 23.4 Å². The van der Waals surface area contributed by atoms with Gasteiger partial charge in [-0.3, -0.25) is 9.48 Å². The van der Waals surface area contributed by atoms with Gasteiger partial charge in [0.15, 0.2) is 0 Å². The number of carbonyl (C=O) groups excluding carboxylic acids is 1. The van der Waals surface area contributed by atoms with Crippen molar-refractivity contribution in [3.05, 3.63) is 41.9 Å². The van der Waals surface area contributed by atoms with E-state index >= 15 is 0 Å². The fraction of sp³-hybridized carbons (Fsp3) is 0.435. The molecule has 2 aliphatic rings. The molecule has 3 atom stereocenters. The lowest BCUT2D eigenvalue weighted by atomic mass is 10.00. The van der Waals surface area contributed by atoms with Gasteiger partial charge in [0.05, 0.1) is 28.7 Å². The zero-order valence-electron chi connectivity index (χ0n) is 18.9. The van der Waals surface area contributed by atoms with Crippen LogP contribution in [0.4, 0.5) is 19.0 Å². The molecule has 0 aliphatic carbocycles. The Kier molecular flexibility index (Phi) is 6.37. The molecule has 5 rings (SSSR count). The standard InChI is InChI=1S/C23H24F3N7OS/c1-32-13-14(12-28-32)22(34)27-11-3-4-18-21(35-23(24,25)26)19-5-2-6-20(33(19)31-18)30-17-10-8-15-7-9-16(17)29-15/h2,5-6,12-13,15-17,29-30H,7-11H2,1H3,(H,27,34)/t15-,16+,17+/m0/s1. The summed E-state index contributed by atoms with van der Waals surface area (Å²) in [7, 11) is 1.69. The van der Waals surface area contributed by atoms with Crippen LogP contribution in [0.15, 0.2) is 35.5 Å². The molecule has 8 nitrogen and oxygen atoms in total. The van der Waals surface area contributed by atoms with Gasteiger partial charge in [0.1, 0.15) is 11.5 Å². The first-order chi connectivity index (χ1) is 16.8. The van der Waals surface area contributed by atoms with Gasteiger partial charge in [0.25, 0.3) is 5.91 Å². The molecule has 3 N–H and O–H groups in total. The van der Waals surface area contributed by atoms with Crippen LogP contribution in [0.5, 0.6) is 0 Å². The highest BCUT2D eigenvalue weighted by molar-refractivity contribution is 8.00. The van der Waals surface area contributed by atoms with Crippen molar-refractivity contribution in [3.63, 3.8) is 0 Å². The molecular formula is C23H24F3N7OS. The Balaban J connectivity index is 1.39. The van der Waals surface area contributed by atoms with Gasteiger partial charge in [0, 0.05) is 31.4 Å². The van der Waals surface area contributed by atoms with E-state index in [2.05, 4.69) is 38.0 Å². The van der Waals surface area contributed by atoms with E-state index in [1.165, 1.54) is 15.4 Å². The molecule has 3 aromatic heterocycles. The summed E-state index contributed by atoms with van der Waals surface area (Å²) in [6.45, 7) is -0.0422. The monoisotopic (exact) mass is 503 g/mol. The minimum atomic E-state index is -4.50. The van der Waals surface area contributed by atoms with Gasteiger partial charge >= 0.3 is 5.51 Å². The Hall–Kier alpha value is -3.17. The maximum Gasteiger partial charge on any atom is 0.446 e. The van der Waals surface area contributed by atoms with Crippen LogP contribution in [-0.4, -0.2) is 55.5 Å². The van der Waals surface area contributed by atoms with Crippen molar-refractivity contribution < 1.29 is 18.0 Å². The highest BCUT2D eigenvalue weighted by atomic mass is 32.2. The number of halogens is 3. The molecule has 12 heteroatoms. The molecular weight excluding hydrogens is 479 g/mol. The van der Waals surface area contributed by atoms with Crippen LogP contribution in [0.25, 0.3) is 5.52 Å². The van der Waals surface area contributed by atoms with Gasteiger partial charge in [0.2, 0.25) is 0 Å². The van der Waals surface area contributed by atoms with Crippen molar-refractivity contribution in [3.8, 4) is 11.8 Å². The number of aromatic nitrogens is 4. The van der Waals surface area contributed by atoms with Gasteiger partial charge in [-0.15, -0.1) is 0 Å². The maximum atomic E-state index is 13.4. The predicted molar refractivity (Wildman–Crippen MR) is 126 cm³/mol. The minimum absolute atomic E-state index is 0.0138. The van der Waals surface area contributed by atoms with E-state index in [9.17, 15) is 18.0 Å². The summed E-state index contributed by atoms with van der Waals surface area (Å²) in [5.41, 5.74) is -3.78. The third kappa shape index (κ3) is 5.26. The first-order valence-corrected chi connectivity index (χ1v) is 12.1. The molecule has 0 spiro atoms. The Morgan fingerprint density at radius 3 is 2.89 bits per heavy atom. The molecule has 2 bridgehead atoms. The van der Waals surface area contributed by atoms with Crippen molar-refractivity contribution in [1.29, 1.82) is 0 Å². The summed E-state index contributed by atoms with van der Waals surface area (Å²) < 4.78 is 43.1. The highest BCUT2D eigenvalue weighted by Gasteiger charge is 2.36. The number of anilines is 1. The smallest absolute Gasteiger partial charge is 0.366 e. The molecule has 184 valence electrons. The van der Waals surface area contributed by atoms with Crippen molar-refractivity contribution in [2.45, 2.75) is 54.2 Å². The summed E-state index contributed by atoms with van der Waals surface area (Å²) in [4.78, 5) is 12.1. The lowest BCUT2D eigenvalue weighted by Gasteiger charge is -2.31. The second-order valence-electron chi connectivity index (χ2n) is 8.70. The quantitative estimate of drug-likeness (QED) is 0.366. The number of hydrogen-bond acceptors (Lipinski definition) is 6. The van der Waals surface area contributed by atoms with Crippen LogP contribution in [0.3, 0.4) is 0 Å². The van der Waals surface area contributed by atoms with E-state index in [-0.39, 0.29) is 40.8 Å². The number of pyridine rings is 1.